The number of fused-ring (bicyclic) bond motifs is 1. The normalized spacial score (nSPS) is 21.7. The molecule has 10 heteroatoms. The first-order valence-corrected chi connectivity index (χ1v) is 9.15. The van der Waals surface area contributed by atoms with Crippen molar-refractivity contribution in [1.82, 2.24) is 4.90 Å². The summed E-state index contributed by atoms with van der Waals surface area (Å²) in [6, 6.07) is 4.01. The Hall–Kier alpha value is -2.91. The van der Waals surface area contributed by atoms with Crippen molar-refractivity contribution in [2.75, 3.05) is 18.5 Å². The van der Waals surface area contributed by atoms with Gasteiger partial charge in [0.2, 0.25) is 11.8 Å². The van der Waals surface area contributed by atoms with Gasteiger partial charge in [-0.05, 0) is 31.0 Å². The predicted octanol–water partition coefficient (Wildman–Crippen LogP) is 2.36. The molecule has 0 radical (unpaired) electrons. The van der Waals surface area contributed by atoms with Crippen LogP contribution in [0.4, 0.5) is 18.9 Å². The summed E-state index contributed by atoms with van der Waals surface area (Å²) >= 11 is 0. The van der Waals surface area contributed by atoms with Crippen molar-refractivity contribution >= 4 is 29.4 Å². The molecule has 1 aromatic rings. The van der Waals surface area contributed by atoms with Crippen LogP contribution < -0.4 is 5.32 Å². The molecule has 156 valence electrons. The Kier molecular flexibility index (Phi) is 5.90. The van der Waals surface area contributed by atoms with E-state index >= 15 is 0 Å². The molecule has 3 amide bonds. The van der Waals surface area contributed by atoms with Crippen molar-refractivity contribution in [2.24, 2.45) is 11.8 Å². The van der Waals surface area contributed by atoms with Crippen molar-refractivity contribution in [3.63, 3.8) is 0 Å². The van der Waals surface area contributed by atoms with Crippen molar-refractivity contribution in [3.8, 4) is 0 Å². The molecule has 1 heterocycles. The fourth-order valence-electron chi connectivity index (χ4n) is 3.68. The van der Waals surface area contributed by atoms with Crippen LogP contribution in [0.5, 0.6) is 0 Å². The van der Waals surface area contributed by atoms with E-state index in [0.29, 0.717) is 12.8 Å². The van der Waals surface area contributed by atoms with Gasteiger partial charge in [0.1, 0.15) is 6.54 Å². The van der Waals surface area contributed by atoms with E-state index in [2.05, 4.69) is 5.32 Å². The maximum Gasteiger partial charge on any atom is 0.416 e. The van der Waals surface area contributed by atoms with Crippen LogP contribution in [0, 0.1) is 11.8 Å². The smallest absolute Gasteiger partial charge is 0.416 e. The minimum absolute atomic E-state index is 0.102. The molecule has 2 atom stereocenters. The Morgan fingerprint density at radius 3 is 2.31 bits per heavy atom. The largest absolute Gasteiger partial charge is 0.454 e. The number of likely N-dealkylation sites (tertiary alicyclic amines) is 1. The maximum atomic E-state index is 12.7. The van der Waals surface area contributed by atoms with E-state index in [4.69, 9.17) is 4.74 Å². The molecule has 3 rings (SSSR count). The van der Waals surface area contributed by atoms with Gasteiger partial charge < -0.3 is 10.1 Å². The third-order valence-corrected chi connectivity index (χ3v) is 5.06. The number of halogens is 3. The van der Waals surface area contributed by atoms with Crippen LogP contribution in [-0.2, 0) is 30.1 Å². The summed E-state index contributed by atoms with van der Waals surface area (Å²) < 4.78 is 42.8. The van der Waals surface area contributed by atoms with Gasteiger partial charge >= 0.3 is 12.1 Å². The molecule has 29 heavy (non-hydrogen) atoms. The lowest BCUT2D eigenvalue weighted by Crippen LogP contribution is -2.37. The van der Waals surface area contributed by atoms with E-state index in [1.165, 1.54) is 6.07 Å². The Morgan fingerprint density at radius 2 is 1.72 bits per heavy atom. The monoisotopic (exact) mass is 412 g/mol. The number of carbonyl (C=O) groups is 4. The van der Waals surface area contributed by atoms with Gasteiger partial charge in [0.05, 0.1) is 17.4 Å². The fourth-order valence-corrected chi connectivity index (χ4v) is 3.68. The van der Waals surface area contributed by atoms with Gasteiger partial charge in [-0.2, -0.15) is 13.2 Å². The lowest BCUT2D eigenvalue weighted by Gasteiger charge is -2.19. The summed E-state index contributed by atoms with van der Waals surface area (Å²) in [7, 11) is 0. The molecular weight excluding hydrogens is 393 g/mol. The third kappa shape index (κ3) is 4.75. The average molecular weight is 412 g/mol. The Morgan fingerprint density at radius 1 is 1.10 bits per heavy atom. The van der Waals surface area contributed by atoms with Gasteiger partial charge in [-0.3, -0.25) is 24.1 Å². The summed E-state index contributed by atoms with van der Waals surface area (Å²) in [6.45, 7) is -1.33. The summed E-state index contributed by atoms with van der Waals surface area (Å²) in [4.78, 5) is 49.2. The van der Waals surface area contributed by atoms with E-state index in [9.17, 15) is 32.3 Å². The molecule has 1 saturated carbocycles. The first-order valence-electron chi connectivity index (χ1n) is 9.15. The SMILES string of the molecule is O=C(COC(=O)CN1C(=O)[C@@H]2CCCC[C@H]2C1=O)Nc1cccc(C(F)(F)F)c1. The van der Waals surface area contributed by atoms with Crippen LogP contribution in [0.3, 0.4) is 0 Å². The highest BCUT2D eigenvalue weighted by molar-refractivity contribution is 6.07. The van der Waals surface area contributed by atoms with Crippen molar-refractivity contribution in [1.29, 1.82) is 0 Å². The third-order valence-electron chi connectivity index (χ3n) is 5.06. The van der Waals surface area contributed by atoms with Crippen LogP contribution in [0.25, 0.3) is 0 Å². The number of esters is 1. The number of nitrogens with one attached hydrogen (secondary N) is 1. The van der Waals surface area contributed by atoms with E-state index < -0.39 is 60.4 Å². The molecule has 7 nitrogen and oxygen atoms in total. The van der Waals surface area contributed by atoms with E-state index in [1.54, 1.807) is 0 Å². The number of amides is 3. The van der Waals surface area contributed by atoms with Crippen molar-refractivity contribution in [2.45, 2.75) is 31.9 Å². The van der Waals surface area contributed by atoms with E-state index in [-0.39, 0.29) is 5.69 Å². The number of rotatable bonds is 5. The van der Waals surface area contributed by atoms with Gasteiger partial charge in [0, 0.05) is 5.69 Å². The number of ether oxygens (including phenoxy) is 1. The molecule has 0 spiro atoms. The standard InChI is InChI=1S/C19H19F3N2O5/c20-19(21,22)11-4-3-5-12(8-11)23-15(25)10-29-16(26)9-24-17(27)13-6-1-2-7-14(13)18(24)28/h3-5,8,13-14H,1-2,6-7,9-10H2,(H,23,25)/t13-,14-/m1/s1. The Bertz CT molecular complexity index is 815. The lowest BCUT2D eigenvalue weighted by molar-refractivity contribution is -0.154. The minimum Gasteiger partial charge on any atom is -0.454 e. The second-order valence-electron chi connectivity index (χ2n) is 7.05. The van der Waals surface area contributed by atoms with E-state index in [1.807, 2.05) is 0 Å². The van der Waals surface area contributed by atoms with Crippen molar-refractivity contribution in [3.05, 3.63) is 29.8 Å². The van der Waals surface area contributed by atoms with Crippen LogP contribution >= 0.6 is 0 Å². The topological polar surface area (TPSA) is 92.8 Å². The zero-order chi connectivity index (χ0) is 21.2. The highest BCUT2D eigenvalue weighted by atomic mass is 19.4. The predicted molar refractivity (Wildman–Crippen MR) is 93.2 cm³/mol. The maximum absolute atomic E-state index is 12.7. The second-order valence-corrected chi connectivity index (χ2v) is 7.05. The zero-order valence-electron chi connectivity index (χ0n) is 15.3. The molecule has 2 aliphatic rings. The number of hydrogen-bond donors (Lipinski definition) is 1. The molecule has 1 saturated heterocycles. The number of carbonyl (C=O) groups excluding carboxylic acids is 4. The first kappa shape index (κ1) is 20.8. The Balaban J connectivity index is 1.50. The molecule has 0 bridgehead atoms. The highest BCUT2D eigenvalue weighted by Crippen LogP contribution is 2.37. The first-order chi connectivity index (χ1) is 13.7. The molecule has 0 unspecified atom stereocenters. The van der Waals surface area contributed by atoms with Gasteiger partial charge in [0.15, 0.2) is 6.61 Å². The van der Waals surface area contributed by atoms with Crippen LogP contribution in [-0.4, -0.2) is 41.7 Å². The number of imide groups is 1. The van der Waals surface area contributed by atoms with E-state index in [0.717, 1.165) is 35.9 Å². The number of alkyl halides is 3. The van der Waals surface area contributed by atoms with Crippen LogP contribution in [0.1, 0.15) is 31.2 Å². The lowest BCUT2D eigenvalue weighted by atomic mass is 9.81. The highest BCUT2D eigenvalue weighted by Gasteiger charge is 2.48. The van der Waals surface area contributed by atoms with Gasteiger partial charge in [-0.1, -0.05) is 18.9 Å². The number of anilines is 1. The van der Waals surface area contributed by atoms with Crippen molar-refractivity contribution < 1.29 is 37.1 Å². The summed E-state index contributed by atoms with van der Waals surface area (Å²) in [5.41, 5.74) is -1.03. The quantitative estimate of drug-likeness (QED) is 0.592. The fraction of sp³-hybridized carbons (Fsp3) is 0.474. The van der Waals surface area contributed by atoms with Gasteiger partial charge in [-0.15, -0.1) is 0 Å². The average Bonchev–Trinajstić information content (AvgIpc) is 2.91. The van der Waals surface area contributed by atoms with Gasteiger partial charge in [0.25, 0.3) is 5.91 Å². The second kappa shape index (κ2) is 8.22. The summed E-state index contributed by atoms with van der Waals surface area (Å²) in [5.74, 6) is -3.37. The summed E-state index contributed by atoms with van der Waals surface area (Å²) in [5, 5.41) is 2.20. The number of nitrogens with zero attached hydrogens (tertiary/aromatic N) is 1. The number of benzene rings is 1. The molecule has 1 N–H and O–H groups in total. The number of hydrogen-bond acceptors (Lipinski definition) is 5. The Labute approximate surface area is 164 Å². The molecular formula is C19H19F3N2O5. The van der Waals surface area contributed by atoms with Crippen LogP contribution in [0.2, 0.25) is 0 Å². The molecule has 1 aliphatic carbocycles. The minimum atomic E-state index is -4.56. The van der Waals surface area contributed by atoms with Gasteiger partial charge in [-0.25, -0.2) is 0 Å². The molecule has 2 fully saturated rings. The molecule has 1 aliphatic heterocycles. The zero-order valence-corrected chi connectivity index (χ0v) is 15.3. The van der Waals surface area contributed by atoms with Crippen LogP contribution in [0.15, 0.2) is 24.3 Å². The molecule has 0 aromatic heterocycles. The summed E-state index contributed by atoms with van der Waals surface area (Å²) in [6.07, 6.45) is -1.62. The molecule has 1 aromatic carbocycles.